The molecule has 168 valence electrons. The lowest BCUT2D eigenvalue weighted by molar-refractivity contribution is -0.155. The Balaban J connectivity index is 2.01. The number of para-hydroxylation sites is 1. The monoisotopic (exact) mass is 448 g/mol. The molecule has 0 unspecified atom stereocenters. The van der Waals surface area contributed by atoms with Crippen molar-refractivity contribution in [2.24, 2.45) is 23.7 Å². The Morgan fingerprint density at radius 2 is 2.03 bits per heavy atom. The number of aliphatic hydroxyl groups is 1. The molecule has 0 saturated carbocycles. The highest BCUT2D eigenvalue weighted by Crippen LogP contribution is 2.45. The second-order valence-electron chi connectivity index (χ2n) is 8.27. The molecule has 31 heavy (non-hydrogen) atoms. The number of allylic oxidation sites excluding steroid dienone is 1. The summed E-state index contributed by atoms with van der Waals surface area (Å²) in [6.45, 7) is 7.01. The molecule has 2 N–H and O–H groups in total. The van der Waals surface area contributed by atoms with Gasteiger partial charge >= 0.3 is 5.97 Å². The van der Waals surface area contributed by atoms with Crippen molar-refractivity contribution in [1.29, 1.82) is 0 Å². The first-order valence-electron chi connectivity index (χ1n) is 10.6. The van der Waals surface area contributed by atoms with Gasteiger partial charge in [-0.2, -0.15) is 0 Å². The number of hydrogen-bond donors (Lipinski definition) is 2. The number of carbonyl (C=O) groups excluding carboxylic acids is 3. The zero-order chi connectivity index (χ0) is 22.9. The molecule has 1 aromatic rings. The normalized spacial score (nSPS) is 28.3. The summed E-state index contributed by atoms with van der Waals surface area (Å²) in [5, 5.41) is 13.0. The number of hydrogen-bond acceptors (Lipinski definition) is 5. The topological polar surface area (TPSA) is 95.9 Å². The largest absolute Gasteiger partial charge is 0.466 e. The number of nitrogens with one attached hydrogen (secondary N) is 1. The van der Waals surface area contributed by atoms with Crippen LogP contribution in [0.15, 0.2) is 30.4 Å². The van der Waals surface area contributed by atoms with Gasteiger partial charge in [0.1, 0.15) is 6.04 Å². The van der Waals surface area contributed by atoms with Crippen LogP contribution in [0, 0.1) is 30.6 Å². The first-order valence-corrected chi connectivity index (χ1v) is 10.9. The van der Waals surface area contributed by atoms with Gasteiger partial charge in [-0.1, -0.05) is 42.8 Å². The van der Waals surface area contributed by atoms with Crippen LogP contribution < -0.4 is 5.32 Å². The Morgan fingerprint density at radius 3 is 2.65 bits per heavy atom. The van der Waals surface area contributed by atoms with Crippen molar-refractivity contribution in [3.8, 4) is 0 Å². The van der Waals surface area contributed by atoms with Crippen molar-refractivity contribution in [2.45, 2.75) is 39.8 Å². The Kier molecular flexibility index (Phi) is 7.06. The first-order chi connectivity index (χ1) is 14.7. The lowest BCUT2D eigenvalue weighted by atomic mass is 9.70. The van der Waals surface area contributed by atoms with E-state index >= 15 is 0 Å². The van der Waals surface area contributed by atoms with E-state index in [9.17, 15) is 19.5 Å². The number of anilines is 1. The molecule has 0 bridgehead atoms. The highest BCUT2D eigenvalue weighted by Gasteiger charge is 2.58. The molecule has 0 aromatic heterocycles. The van der Waals surface area contributed by atoms with Gasteiger partial charge in [0, 0.05) is 5.92 Å². The molecule has 7 nitrogen and oxygen atoms in total. The van der Waals surface area contributed by atoms with Crippen LogP contribution in [0.5, 0.6) is 0 Å². The molecule has 2 aliphatic rings. The zero-order valence-electron chi connectivity index (χ0n) is 18.2. The van der Waals surface area contributed by atoms with E-state index in [1.165, 1.54) is 4.90 Å². The molecule has 2 amide bonds. The average molecular weight is 449 g/mol. The number of benzene rings is 1. The molecule has 1 saturated heterocycles. The number of aliphatic hydroxyl groups excluding tert-OH is 1. The number of likely N-dealkylation sites (tertiary alicyclic amines) is 1. The molecule has 1 aromatic carbocycles. The van der Waals surface area contributed by atoms with Crippen molar-refractivity contribution in [3.05, 3.63) is 40.9 Å². The molecule has 0 spiro atoms. The van der Waals surface area contributed by atoms with Crippen LogP contribution in [0.1, 0.15) is 26.3 Å². The van der Waals surface area contributed by atoms with Crippen molar-refractivity contribution in [1.82, 2.24) is 4.90 Å². The summed E-state index contributed by atoms with van der Waals surface area (Å²) in [7, 11) is 0. The maximum atomic E-state index is 13.5. The van der Waals surface area contributed by atoms with E-state index in [1.54, 1.807) is 26.0 Å². The van der Waals surface area contributed by atoms with Gasteiger partial charge < -0.3 is 20.1 Å². The molecule has 1 aliphatic heterocycles. The highest BCUT2D eigenvalue weighted by molar-refractivity contribution is 6.34. The smallest absolute Gasteiger partial charge is 0.310 e. The SMILES string of the molecule is CCOC(=O)[C@H]1[C@H]2C(=O)N([C@H](C)CO)[C@H](C(=O)Nc3c(C)cccc3Cl)[C@H]2C=C[C@H]1C. The fourth-order valence-corrected chi connectivity index (χ4v) is 4.96. The molecule has 1 fully saturated rings. The third-order valence-electron chi connectivity index (χ3n) is 6.25. The molecular formula is C23H29ClN2O5. The predicted octanol–water partition coefficient (Wildman–Crippen LogP) is 2.80. The average Bonchev–Trinajstić information content (AvgIpc) is 3.02. The van der Waals surface area contributed by atoms with Gasteiger partial charge in [0.25, 0.3) is 0 Å². The van der Waals surface area contributed by atoms with E-state index < -0.39 is 41.7 Å². The Hall–Kier alpha value is -2.38. The number of halogens is 1. The molecule has 3 rings (SSSR count). The summed E-state index contributed by atoms with van der Waals surface area (Å²) in [6, 6.07) is 3.83. The minimum atomic E-state index is -0.879. The van der Waals surface area contributed by atoms with Gasteiger partial charge in [-0.25, -0.2) is 0 Å². The van der Waals surface area contributed by atoms with E-state index in [1.807, 2.05) is 32.1 Å². The number of carbonyl (C=O) groups is 3. The number of esters is 1. The molecule has 8 heteroatoms. The molecular weight excluding hydrogens is 420 g/mol. The number of rotatable bonds is 6. The van der Waals surface area contributed by atoms with Gasteiger partial charge in [0.05, 0.1) is 41.8 Å². The van der Waals surface area contributed by atoms with Crippen molar-refractivity contribution >= 4 is 35.1 Å². The molecule has 1 aliphatic carbocycles. The standard InChI is InChI=1S/C23H29ClN2O5/c1-5-31-23(30)17-12(2)9-10-15-18(17)22(29)26(14(4)11-27)20(15)21(28)25-19-13(3)7-6-8-16(19)24/h6-10,12,14-15,17-18,20,27H,5,11H2,1-4H3,(H,25,28)/t12-,14-,15+,17-,18+,20+/m1/s1. The van der Waals surface area contributed by atoms with E-state index in [0.29, 0.717) is 10.7 Å². The number of fused-ring (bicyclic) bond motifs is 1. The number of nitrogens with zero attached hydrogens (tertiary/aromatic N) is 1. The van der Waals surface area contributed by atoms with Crippen molar-refractivity contribution < 1.29 is 24.2 Å². The van der Waals surface area contributed by atoms with E-state index in [0.717, 1.165) is 5.56 Å². The summed E-state index contributed by atoms with van der Waals surface area (Å²) in [6.07, 6.45) is 3.71. The highest BCUT2D eigenvalue weighted by atomic mass is 35.5. The van der Waals surface area contributed by atoms with Gasteiger partial charge in [-0.3, -0.25) is 14.4 Å². The fourth-order valence-electron chi connectivity index (χ4n) is 4.69. The number of amides is 2. The third kappa shape index (κ3) is 4.21. The van der Waals surface area contributed by atoms with Gasteiger partial charge in [-0.15, -0.1) is 0 Å². The van der Waals surface area contributed by atoms with E-state index in [2.05, 4.69) is 5.32 Å². The van der Waals surface area contributed by atoms with Crippen molar-refractivity contribution in [3.63, 3.8) is 0 Å². The van der Waals surface area contributed by atoms with Crippen molar-refractivity contribution in [2.75, 3.05) is 18.5 Å². The second kappa shape index (κ2) is 9.40. The van der Waals surface area contributed by atoms with Gasteiger partial charge in [0.15, 0.2) is 0 Å². The maximum absolute atomic E-state index is 13.5. The number of ether oxygens (including phenoxy) is 1. The third-order valence-corrected chi connectivity index (χ3v) is 6.56. The molecule has 6 atom stereocenters. The van der Waals surface area contributed by atoms with E-state index in [-0.39, 0.29) is 25.0 Å². The summed E-state index contributed by atoms with van der Waals surface area (Å²) in [5.41, 5.74) is 1.28. The van der Waals surface area contributed by atoms with Crippen LogP contribution >= 0.6 is 11.6 Å². The molecule has 0 radical (unpaired) electrons. The first kappa shape index (κ1) is 23.3. The lowest BCUT2D eigenvalue weighted by Crippen LogP contribution is -2.49. The van der Waals surface area contributed by atoms with E-state index in [4.69, 9.17) is 16.3 Å². The quantitative estimate of drug-likeness (QED) is 0.515. The lowest BCUT2D eigenvalue weighted by Gasteiger charge is -2.32. The predicted molar refractivity (Wildman–Crippen MR) is 117 cm³/mol. The Bertz CT molecular complexity index is 882. The fraction of sp³-hybridized carbons (Fsp3) is 0.522. The Morgan fingerprint density at radius 1 is 1.32 bits per heavy atom. The summed E-state index contributed by atoms with van der Waals surface area (Å²) >= 11 is 6.28. The van der Waals surface area contributed by atoms with Crippen LogP contribution in [0.4, 0.5) is 5.69 Å². The minimum absolute atomic E-state index is 0.205. The van der Waals surface area contributed by atoms with Crippen LogP contribution in [0.3, 0.4) is 0 Å². The summed E-state index contributed by atoms with van der Waals surface area (Å²) in [5.74, 6) is -3.30. The van der Waals surface area contributed by atoms with Crippen LogP contribution in [0.25, 0.3) is 0 Å². The Labute approximate surface area is 187 Å². The summed E-state index contributed by atoms with van der Waals surface area (Å²) in [4.78, 5) is 41.0. The zero-order valence-corrected chi connectivity index (χ0v) is 18.9. The van der Waals surface area contributed by atoms with Gasteiger partial charge in [0.2, 0.25) is 11.8 Å². The number of aryl methyl sites for hydroxylation is 1. The molecule has 1 heterocycles. The summed E-state index contributed by atoms with van der Waals surface area (Å²) < 4.78 is 5.24. The van der Waals surface area contributed by atoms with Crippen LogP contribution in [0.2, 0.25) is 5.02 Å². The second-order valence-corrected chi connectivity index (χ2v) is 8.68. The van der Waals surface area contributed by atoms with Crippen LogP contribution in [-0.4, -0.2) is 53.1 Å². The maximum Gasteiger partial charge on any atom is 0.310 e. The van der Waals surface area contributed by atoms with Crippen LogP contribution in [-0.2, 0) is 19.1 Å². The van der Waals surface area contributed by atoms with Gasteiger partial charge in [-0.05, 0) is 38.3 Å². The minimum Gasteiger partial charge on any atom is -0.466 e.